The van der Waals surface area contributed by atoms with E-state index >= 15 is 0 Å². The lowest BCUT2D eigenvalue weighted by Crippen LogP contribution is -2.08. The monoisotopic (exact) mass is 728 g/mol. The molecule has 0 radical (unpaired) electrons. The Hall–Kier alpha value is -7.36. The molecule has 57 heavy (non-hydrogen) atoms. The highest BCUT2D eigenvalue weighted by Crippen LogP contribution is 2.48. The van der Waals surface area contributed by atoms with E-state index in [0.717, 1.165) is 23.6 Å². The molecule has 10 aromatic rings. The first kappa shape index (κ1) is 31.9. The van der Waals surface area contributed by atoms with Crippen molar-refractivity contribution >= 4 is 49.3 Å². The summed E-state index contributed by atoms with van der Waals surface area (Å²) in [5.41, 5.74) is 15.9. The summed E-state index contributed by atoms with van der Waals surface area (Å²) in [7, 11) is 0. The second kappa shape index (κ2) is 12.6. The quantitative estimate of drug-likeness (QED) is 0.173. The van der Waals surface area contributed by atoms with Gasteiger partial charge in [-0.2, -0.15) is 0 Å². The van der Waals surface area contributed by atoms with Gasteiger partial charge in [-0.3, -0.25) is 0 Å². The summed E-state index contributed by atoms with van der Waals surface area (Å²) in [6.07, 6.45) is 5.31. The Labute approximate surface area is 330 Å². The van der Waals surface area contributed by atoms with Crippen LogP contribution in [-0.4, -0.2) is 9.13 Å². The molecule has 3 nitrogen and oxygen atoms in total. The molecule has 0 spiro atoms. The van der Waals surface area contributed by atoms with Crippen molar-refractivity contribution in [3.05, 3.63) is 212 Å². The zero-order valence-corrected chi connectivity index (χ0v) is 31.1. The summed E-state index contributed by atoms with van der Waals surface area (Å²) in [6.45, 7) is 0. The molecule has 3 heteroatoms. The molecule has 2 aliphatic rings. The number of para-hydroxylation sites is 3. The Bertz CT molecular complexity index is 3290. The maximum atomic E-state index is 6.24. The number of hydrogen-bond donors (Lipinski definition) is 0. The van der Waals surface area contributed by atoms with E-state index in [4.69, 9.17) is 4.74 Å². The van der Waals surface area contributed by atoms with Crippen LogP contribution in [0.2, 0.25) is 0 Å². The maximum Gasteiger partial charge on any atom is 0.130 e. The molecular weight excluding hydrogens is 693 g/mol. The number of ether oxygens (including phenoxy) is 1. The molecule has 0 fully saturated rings. The van der Waals surface area contributed by atoms with Crippen LogP contribution < -0.4 is 4.74 Å². The first-order valence-corrected chi connectivity index (χ1v) is 19.8. The molecule has 1 atom stereocenters. The minimum atomic E-state index is 0.237. The standard InChI is InChI=1S/C54H36N2O/c1-2-11-35(12-3-1)37-13-10-14-38(31-37)36-21-25-41(26-22-36)55-49-18-7-4-15-43(49)46-32-39(23-28-51(46)55)40-24-29-52-47(33-40)44-16-5-8-19-50(44)56(52)42-27-30-54-48(34-42)45-17-6-9-20-53(45)57-54/h1-33,48H,34H2. The second-order valence-corrected chi connectivity index (χ2v) is 15.3. The van der Waals surface area contributed by atoms with Gasteiger partial charge in [0.2, 0.25) is 0 Å². The molecule has 12 rings (SSSR count). The topological polar surface area (TPSA) is 19.1 Å². The molecule has 0 saturated carbocycles. The van der Waals surface area contributed by atoms with Crippen molar-refractivity contribution in [2.45, 2.75) is 12.3 Å². The lowest BCUT2D eigenvalue weighted by molar-refractivity contribution is 0.425. The number of rotatable bonds is 5. The smallest absolute Gasteiger partial charge is 0.130 e. The van der Waals surface area contributed by atoms with Crippen LogP contribution in [0.4, 0.5) is 0 Å². The minimum Gasteiger partial charge on any atom is -0.461 e. The van der Waals surface area contributed by atoms with Gasteiger partial charge in [0, 0.05) is 44.9 Å². The highest BCUT2D eigenvalue weighted by atomic mass is 16.5. The predicted molar refractivity (Wildman–Crippen MR) is 237 cm³/mol. The summed E-state index contributed by atoms with van der Waals surface area (Å²) in [5.74, 6) is 2.26. The predicted octanol–water partition coefficient (Wildman–Crippen LogP) is 14.2. The highest BCUT2D eigenvalue weighted by molar-refractivity contribution is 6.13. The zero-order chi connectivity index (χ0) is 37.5. The number of allylic oxidation sites excluding steroid dienone is 4. The van der Waals surface area contributed by atoms with E-state index in [0.29, 0.717) is 0 Å². The minimum absolute atomic E-state index is 0.237. The fraction of sp³-hybridized carbons (Fsp3) is 0.0370. The second-order valence-electron chi connectivity index (χ2n) is 15.3. The van der Waals surface area contributed by atoms with Gasteiger partial charge >= 0.3 is 0 Å². The fourth-order valence-electron chi connectivity index (χ4n) is 9.40. The van der Waals surface area contributed by atoms with Crippen molar-refractivity contribution in [2.75, 3.05) is 0 Å². The molecule has 1 unspecified atom stereocenters. The average Bonchev–Trinajstić information content (AvgIpc) is 3.94. The van der Waals surface area contributed by atoms with Gasteiger partial charge in [-0.1, -0.05) is 127 Å². The Morgan fingerprint density at radius 2 is 0.912 bits per heavy atom. The molecule has 268 valence electrons. The third kappa shape index (κ3) is 5.06. The summed E-state index contributed by atoms with van der Waals surface area (Å²) in [4.78, 5) is 0. The molecule has 1 aliphatic heterocycles. The first-order valence-electron chi connectivity index (χ1n) is 19.8. The van der Waals surface area contributed by atoms with E-state index in [2.05, 4.69) is 209 Å². The molecule has 0 bridgehead atoms. The summed E-state index contributed by atoms with van der Waals surface area (Å²) in [6, 6.07) is 68.4. The molecule has 1 aliphatic carbocycles. The Kier molecular flexibility index (Phi) is 7.05. The van der Waals surface area contributed by atoms with E-state index in [1.807, 2.05) is 0 Å². The molecule has 0 amide bonds. The lowest BCUT2D eigenvalue weighted by atomic mass is 9.90. The van der Waals surface area contributed by atoms with Crippen LogP contribution >= 0.6 is 0 Å². The van der Waals surface area contributed by atoms with Gasteiger partial charge in [-0.05, 0) is 106 Å². The molecule has 0 saturated heterocycles. The van der Waals surface area contributed by atoms with Gasteiger partial charge in [0.15, 0.2) is 0 Å². The SMILES string of the molecule is C1=C2Oc3ccccc3C2CC(n2c3ccccc3c3cc(-c4ccc5c(c4)c4ccccc4n5-c4ccc(-c5cccc(-c6ccccc6)c5)cc4)ccc32)=C1. The van der Waals surface area contributed by atoms with Gasteiger partial charge in [0.1, 0.15) is 11.5 Å². The van der Waals surface area contributed by atoms with Crippen LogP contribution in [0.5, 0.6) is 5.75 Å². The summed E-state index contributed by atoms with van der Waals surface area (Å²) >= 11 is 0. The normalized spacial score (nSPS) is 14.8. The molecule has 8 aromatic carbocycles. The lowest BCUT2D eigenvalue weighted by Gasteiger charge is -2.20. The molecule has 3 heterocycles. The molecular formula is C54H36N2O. The largest absolute Gasteiger partial charge is 0.461 e. The Morgan fingerprint density at radius 3 is 1.63 bits per heavy atom. The Balaban J connectivity index is 0.927. The van der Waals surface area contributed by atoms with E-state index in [1.54, 1.807) is 0 Å². The van der Waals surface area contributed by atoms with Crippen molar-refractivity contribution < 1.29 is 4.74 Å². The number of fused-ring (bicyclic) bond motifs is 9. The molecule has 2 aromatic heterocycles. The van der Waals surface area contributed by atoms with Crippen molar-refractivity contribution in [3.63, 3.8) is 0 Å². The van der Waals surface area contributed by atoms with Gasteiger partial charge in [-0.15, -0.1) is 0 Å². The van der Waals surface area contributed by atoms with Crippen LogP contribution in [0.15, 0.2) is 206 Å². The number of benzene rings is 8. The number of hydrogen-bond acceptors (Lipinski definition) is 1. The van der Waals surface area contributed by atoms with Crippen LogP contribution in [0, 0.1) is 0 Å². The van der Waals surface area contributed by atoms with Gasteiger partial charge in [0.25, 0.3) is 0 Å². The highest BCUT2D eigenvalue weighted by Gasteiger charge is 2.32. The Morgan fingerprint density at radius 1 is 0.386 bits per heavy atom. The van der Waals surface area contributed by atoms with Crippen LogP contribution in [-0.2, 0) is 0 Å². The van der Waals surface area contributed by atoms with Crippen LogP contribution in [0.1, 0.15) is 17.9 Å². The number of aromatic nitrogens is 2. The summed E-state index contributed by atoms with van der Waals surface area (Å²) < 4.78 is 11.1. The summed E-state index contributed by atoms with van der Waals surface area (Å²) in [5, 5.41) is 5.03. The van der Waals surface area contributed by atoms with Crippen molar-refractivity contribution in [3.8, 4) is 44.8 Å². The van der Waals surface area contributed by atoms with Gasteiger partial charge in [0.05, 0.1) is 28.0 Å². The van der Waals surface area contributed by atoms with Crippen LogP contribution in [0.3, 0.4) is 0 Å². The van der Waals surface area contributed by atoms with E-state index in [-0.39, 0.29) is 5.92 Å². The fourth-order valence-corrected chi connectivity index (χ4v) is 9.40. The van der Waals surface area contributed by atoms with E-state index < -0.39 is 0 Å². The maximum absolute atomic E-state index is 6.24. The third-order valence-corrected chi connectivity index (χ3v) is 12.1. The van der Waals surface area contributed by atoms with Crippen molar-refractivity contribution in [2.24, 2.45) is 0 Å². The molecule has 0 N–H and O–H groups in total. The van der Waals surface area contributed by atoms with Crippen molar-refractivity contribution in [1.82, 2.24) is 9.13 Å². The van der Waals surface area contributed by atoms with E-state index in [9.17, 15) is 0 Å². The average molecular weight is 729 g/mol. The number of nitrogens with zero attached hydrogens (tertiary/aromatic N) is 2. The zero-order valence-electron chi connectivity index (χ0n) is 31.1. The van der Waals surface area contributed by atoms with Gasteiger partial charge < -0.3 is 13.9 Å². The first-order chi connectivity index (χ1) is 28.2. The van der Waals surface area contributed by atoms with Gasteiger partial charge in [-0.25, -0.2) is 0 Å². The third-order valence-electron chi connectivity index (χ3n) is 12.1. The van der Waals surface area contributed by atoms with Crippen molar-refractivity contribution in [1.29, 1.82) is 0 Å². The van der Waals surface area contributed by atoms with Crippen LogP contribution in [0.25, 0.3) is 88.4 Å². The van der Waals surface area contributed by atoms with E-state index in [1.165, 1.54) is 88.3 Å².